The summed E-state index contributed by atoms with van der Waals surface area (Å²) in [6, 6.07) is 14.6. The maximum Gasteiger partial charge on any atom is 0.274 e. The van der Waals surface area contributed by atoms with Crippen molar-refractivity contribution in [2.45, 2.75) is 12.6 Å². The lowest BCUT2D eigenvalue weighted by molar-refractivity contribution is 0.202. The van der Waals surface area contributed by atoms with E-state index < -0.39 is 6.23 Å². The molecule has 3 aromatic rings. The summed E-state index contributed by atoms with van der Waals surface area (Å²) in [5.74, 6) is 0.648. The van der Waals surface area contributed by atoms with Crippen LogP contribution in [0.25, 0.3) is 10.8 Å². The van der Waals surface area contributed by atoms with Crippen molar-refractivity contribution in [3.63, 3.8) is 0 Å². The highest BCUT2D eigenvalue weighted by Crippen LogP contribution is 2.24. The molecule has 0 aliphatic carbocycles. The number of nitrogens with zero attached hydrogens (tertiary/aromatic N) is 2. The average molecular weight is 325 g/mol. The van der Waals surface area contributed by atoms with Crippen LogP contribution in [-0.2, 0) is 13.5 Å². The summed E-state index contributed by atoms with van der Waals surface area (Å²) in [6.07, 6.45) is -0.609. The van der Waals surface area contributed by atoms with E-state index in [9.17, 15) is 9.90 Å². The minimum atomic E-state index is -0.866. The molecule has 6 heteroatoms. The molecule has 1 atom stereocenters. The number of methoxy groups -OCH3 is 1. The summed E-state index contributed by atoms with van der Waals surface area (Å²) in [6.45, 7) is 0. The smallest absolute Gasteiger partial charge is 0.274 e. The Morgan fingerprint density at radius 3 is 2.58 bits per heavy atom. The SMILES string of the molecule is COc1ccccc1NC(O)Cc1nn(C)c(=O)c2ccccc12. The zero-order valence-electron chi connectivity index (χ0n) is 13.6. The second kappa shape index (κ2) is 6.72. The normalized spacial score (nSPS) is 12.1. The Hall–Kier alpha value is -2.86. The maximum atomic E-state index is 12.1. The number of nitrogens with one attached hydrogen (secondary N) is 1. The summed E-state index contributed by atoms with van der Waals surface area (Å²) in [4.78, 5) is 12.1. The number of ether oxygens (including phenoxy) is 1. The van der Waals surface area contributed by atoms with Crippen LogP contribution in [0, 0.1) is 0 Å². The minimum Gasteiger partial charge on any atom is -0.495 e. The number of hydrogen-bond donors (Lipinski definition) is 2. The number of hydrogen-bond acceptors (Lipinski definition) is 5. The Kier molecular flexibility index (Phi) is 4.48. The van der Waals surface area contributed by atoms with Crippen LogP contribution in [0.15, 0.2) is 53.3 Å². The van der Waals surface area contributed by atoms with E-state index in [0.717, 1.165) is 5.39 Å². The van der Waals surface area contributed by atoms with Crippen LogP contribution in [0.3, 0.4) is 0 Å². The minimum absolute atomic E-state index is 0.151. The molecule has 2 aromatic carbocycles. The highest BCUT2D eigenvalue weighted by molar-refractivity contribution is 5.83. The topological polar surface area (TPSA) is 76.4 Å². The van der Waals surface area contributed by atoms with Gasteiger partial charge >= 0.3 is 0 Å². The number of anilines is 1. The van der Waals surface area contributed by atoms with Gasteiger partial charge in [0.15, 0.2) is 0 Å². The van der Waals surface area contributed by atoms with E-state index in [1.807, 2.05) is 42.5 Å². The molecule has 1 aromatic heterocycles. The fraction of sp³-hybridized carbons (Fsp3) is 0.222. The van der Waals surface area contributed by atoms with Crippen LogP contribution in [-0.4, -0.2) is 28.2 Å². The molecule has 0 radical (unpaired) electrons. The molecule has 6 nitrogen and oxygen atoms in total. The van der Waals surface area contributed by atoms with Crippen molar-refractivity contribution >= 4 is 16.5 Å². The molecule has 0 bridgehead atoms. The largest absolute Gasteiger partial charge is 0.495 e. The Bertz CT molecular complexity index is 921. The van der Waals surface area contributed by atoms with Crippen molar-refractivity contribution in [2.24, 2.45) is 7.05 Å². The van der Waals surface area contributed by atoms with Crippen LogP contribution < -0.4 is 15.6 Å². The van der Waals surface area contributed by atoms with Gasteiger partial charge in [0.1, 0.15) is 12.0 Å². The fourth-order valence-electron chi connectivity index (χ4n) is 2.70. The number of aliphatic hydroxyl groups excluding tert-OH is 1. The van der Waals surface area contributed by atoms with Gasteiger partial charge in [-0.1, -0.05) is 30.3 Å². The van der Waals surface area contributed by atoms with Gasteiger partial charge in [-0.05, 0) is 18.2 Å². The summed E-state index contributed by atoms with van der Waals surface area (Å²) < 4.78 is 6.57. The number of benzene rings is 2. The Balaban J connectivity index is 1.90. The summed E-state index contributed by atoms with van der Waals surface area (Å²) in [5, 5.41) is 19.1. The van der Waals surface area contributed by atoms with Gasteiger partial charge in [0.05, 0.1) is 23.9 Å². The predicted molar refractivity (Wildman–Crippen MR) is 93.3 cm³/mol. The number of aromatic nitrogens is 2. The number of aryl methyl sites for hydroxylation is 1. The van der Waals surface area contributed by atoms with E-state index in [2.05, 4.69) is 10.4 Å². The van der Waals surface area contributed by atoms with Crippen LogP contribution in [0.4, 0.5) is 5.69 Å². The van der Waals surface area contributed by atoms with Gasteiger partial charge in [-0.2, -0.15) is 5.10 Å². The molecule has 1 unspecified atom stereocenters. The third-order valence-corrected chi connectivity index (χ3v) is 3.85. The Morgan fingerprint density at radius 1 is 1.17 bits per heavy atom. The molecule has 0 aliphatic heterocycles. The first kappa shape index (κ1) is 16.0. The molecule has 0 fully saturated rings. The van der Waals surface area contributed by atoms with Gasteiger partial charge in [-0.15, -0.1) is 0 Å². The molecule has 2 N–H and O–H groups in total. The van der Waals surface area contributed by atoms with Gasteiger partial charge in [0.2, 0.25) is 0 Å². The first-order valence-electron chi connectivity index (χ1n) is 7.62. The number of para-hydroxylation sites is 2. The van der Waals surface area contributed by atoms with Crippen LogP contribution in [0.1, 0.15) is 5.69 Å². The lowest BCUT2D eigenvalue weighted by Gasteiger charge is -2.17. The average Bonchev–Trinajstić information content (AvgIpc) is 2.60. The van der Waals surface area contributed by atoms with Crippen molar-refractivity contribution in [3.05, 3.63) is 64.6 Å². The van der Waals surface area contributed by atoms with E-state index in [1.165, 1.54) is 4.68 Å². The zero-order valence-corrected chi connectivity index (χ0v) is 13.6. The zero-order chi connectivity index (χ0) is 17.1. The molecular formula is C18H19N3O3. The molecular weight excluding hydrogens is 306 g/mol. The van der Waals surface area contributed by atoms with Crippen molar-refractivity contribution in [1.82, 2.24) is 9.78 Å². The second-order valence-electron chi connectivity index (χ2n) is 5.49. The first-order chi connectivity index (χ1) is 11.6. The van der Waals surface area contributed by atoms with Crippen molar-refractivity contribution in [3.8, 4) is 5.75 Å². The third kappa shape index (κ3) is 3.09. The molecule has 3 rings (SSSR count). The van der Waals surface area contributed by atoms with Crippen molar-refractivity contribution < 1.29 is 9.84 Å². The van der Waals surface area contributed by atoms with E-state index in [-0.39, 0.29) is 12.0 Å². The molecule has 0 spiro atoms. The molecule has 24 heavy (non-hydrogen) atoms. The van der Waals surface area contributed by atoms with Gasteiger partial charge in [0, 0.05) is 18.9 Å². The second-order valence-corrected chi connectivity index (χ2v) is 5.49. The Labute approximate surface area is 139 Å². The standard InChI is InChI=1S/C18H19N3O3/c1-21-18(23)13-8-4-3-7-12(13)15(20-21)11-17(22)19-14-9-5-6-10-16(14)24-2/h3-10,17,19,22H,11H2,1-2H3. The molecule has 0 aliphatic rings. The lowest BCUT2D eigenvalue weighted by atomic mass is 10.1. The summed E-state index contributed by atoms with van der Waals surface area (Å²) >= 11 is 0. The maximum absolute atomic E-state index is 12.1. The summed E-state index contributed by atoms with van der Waals surface area (Å²) in [5.41, 5.74) is 1.20. The van der Waals surface area contributed by atoms with Crippen molar-refractivity contribution in [2.75, 3.05) is 12.4 Å². The van der Waals surface area contributed by atoms with E-state index in [4.69, 9.17) is 4.74 Å². The molecule has 0 saturated carbocycles. The third-order valence-electron chi connectivity index (χ3n) is 3.85. The monoisotopic (exact) mass is 325 g/mol. The summed E-state index contributed by atoms with van der Waals surface area (Å²) in [7, 11) is 3.19. The van der Waals surface area contributed by atoms with E-state index in [1.54, 1.807) is 20.2 Å². The molecule has 0 saturated heterocycles. The van der Waals surface area contributed by atoms with Gasteiger partial charge in [-0.25, -0.2) is 4.68 Å². The van der Waals surface area contributed by atoms with Crippen LogP contribution in [0.5, 0.6) is 5.75 Å². The van der Waals surface area contributed by atoms with Crippen LogP contribution >= 0.6 is 0 Å². The molecule has 0 amide bonds. The number of fused-ring (bicyclic) bond motifs is 1. The quantitative estimate of drug-likeness (QED) is 0.701. The van der Waals surface area contributed by atoms with Gasteiger partial charge in [0.25, 0.3) is 5.56 Å². The molecule has 1 heterocycles. The predicted octanol–water partition coefficient (Wildman–Crippen LogP) is 1.92. The number of aliphatic hydroxyl groups is 1. The first-order valence-corrected chi connectivity index (χ1v) is 7.62. The van der Waals surface area contributed by atoms with E-state index >= 15 is 0 Å². The fourth-order valence-corrected chi connectivity index (χ4v) is 2.70. The number of rotatable bonds is 5. The highest BCUT2D eigenvalue weighted by Gasteiger charge is 2.14. The Morgan fingerprint density at radius 2 is 1.83 bits per heavy atom. The highest BCUT2D eigenvalue weighted by atomic mass is 16.5. The van der Waals surface area contributed by atoms with Crippen LogP contribution in [0.2, 0.25) is 0 Å². The lowest BCUT2D eigenvalue weighted by Crippen LogP contribution is -2.26. The van der Waals surface area contributed by atoms with Crippen molar-refractivity contribution in [1.29, 1.82) is 0 Å². The molecule has 124 valence electrons. The van der Waals surface area contributed by atoms with E-state index in [0.29, 0.717) is 22.5 Å². The van der Waals surface area contributed by atoms with Gasteiger partial charge < -0.3 is 15.2 Å². The van der Waals surface area contributed by atoms with Gasteiger partial charge in [-0.3, -0.25) is 4.79 Å².